The number of ketones is 1. The first kappa shape index (κ1) is 16.4. The van der Waals surface area contributed by atoms with Gasteiger partial charge in [0.25, 0.3) is 11.7 Å². The van der Waals surface area contributed by atoms with E-state index in [2.05, 4.69) is 10.4 Å². The van der Waals surface area contributed by atoms with Gasteiger partial charge < -0.3 is 10.1 Å². The number of hydrogen-bond acceptors (Lipinski definition) is 4. The second-order valence-corrected chi connectivity index (χ2v) is 5.97. The fourth-order valence-corrected chi connectivity index (χ4v) is 3.00. The molecule has 3 rings (SSSR count). The number of para-hydroxylation sites is 1. The number of nitrogens with one attached hydrogen (secondary N) is 1. The van der Waals surface area contributed by atoms with Crippen LogP contribution in [-0.2, 0) is 9.53 Å². The molecule has 0 saturated carbocycles. The van der Waals surface area contributed by atoms with Crippen molar-refractivity contribution in [2.75, 3.05) is 13.2 Å². The number of carbonyl (C=O) groups excluding carboxylic acids is 2. The van der Waals surface area contributed by atoms with Crippen LogP contribution in [0.2, 0.25) is 0 Å². The summed E-state index contributed by atoms with van der Waals surface area (Å²) >= 11 is 0. The van der Waals surface area contributed by atoms with E-state index in [0.29, 0.717) is 23.5 Å². The first-order valence-electron chi connectivity index (χ1n) is 8.13. The summed E-state index contributed by atoms with van der Waals surface area (Å²) in [5.74, 6) is -1.16. The standard InChI is InChI=1S/C18H21N3O3/c1-12-16(13(2)21(20-12)14-7-4-3-5-8-14)17(22)18(23)19-11-15-9-6-10-24-15/h3-5,7-8,15H,6,9-11H2,1-2H3,(H,19,23)/t15-/m0/s1. The molecule has 1 amide bonds. The Hall–Kier alpha value is -2.47. The summed E-state index contributed by atoms with van der Waals surface area (Å²) in [7, 11) is 0. The number of benzene rings is 1. The molecule has 1 aliphatic rings. The number of ether oxygens (including phenoxy) is 1. The Morgan fingerprint density at radius 2 is 2.04 bits per heavy atom. The molecule has 6 heteroatoms. The maximum atomic E-state index is 12.5. The Morgan fingerprint density at radius 3 is 2.71 bits per heavy atom. The van der Waals surface area contributed by atoms with Crippen molar-refractivity contribution in [2.24, 2.45) is 0 Å². The number of rotatable bonds is 5. The minimum atomic E-state index is -0.607. The lowest BCUT2D eigenvalue weighted by Crippen LogP contribution is -2.36. The van der Waals surface area contributed by atoms with E-state index in [0.717, 1.165) is 25.1 Å². The zero-order valence-corrected chi connectivity index (χ0v) is 13.9. The van der Waals surface area contributed by atoms with E-state index in [9.17, 15) is 9.59 Å². The van der Waals surface area contributed by atoms with Gasteiger partial charge in [0.2, 0.25) is 0 Å². The van der Waals surface area contributed by atoms with Crippen LogP contribution in [0.25, 0.3) is 5.69 Å². The Morgan fingerprint density at radius 1 is 1.29 bits per heavy atom. The number of Topliss-reactive ketones (excluding diaryl/α,β-unsaturated/α-hetero) is 1. The molecule has 1 saturated heterocycles. The Balaban J connectivity index is 1.77. The zero-order valence-electron chi connectivity index (χ0n) is 13.9. The highest BCUT2D eigenvalue weighted by atomic mass is 16.5. The van der Waals surface area contributed by atoms with Gasteiger partial charge in [-0.15, -0.1) is 0 Å². The Bertz CT molecular complexity index is 746. The second-order valence-electron chi connectivity index (χ2n) is 5.97. The van der Waals surface area contributed by atoms with Crippen LogP contribution in [0.5, 0.6) is 0 Å². The van der Waals surface area contributed by atoms with Gasteiger partial charge in [0.15, 0.2) is 0 Å². The molecule has 1 aromatic heterocycles. The maximum absolute atomic E-state index is 12.5. The lowest BCUT2D eigenvalue weighted by atomic mass is 10.1. The van der Waals surface area contributed by atoms with Crippen molar-refractivity contribution in [3.8, 4) is 5.69 Å². The highest BCUT2D eigenvalue weighted by molar-refractivity contribution is 6.43. The molecule has 0 bridgehead atoms. The topological polar surface area (TPSA) is 73.2 Å². The van der Waals surface area contributed by atoms with Gasteiger partial charge in [-0.2, -0.15) is 5.10 Å². The summed E-state index contributed by atoms with van der Waals surface area (Å²) in [6.07, 6.45) is 1.92. The van der Waals surface area contributed by atoms with E-state index >= 15 is 0 Å². The summed E-state index contributed by atoms with van der Waals surface area (Å²) in [5, 5.41) is 7.09. The van der Waals surface area contributed by atoms with Crippen molar-refractivity contribution in [3.63, 3.8) is 0 Å². The number of aryl methyl sites for hydroxylation is 1. The van der Waals surface area contributed by atoms with E-state index in [1.165, 1.54) is 0 Å². The van der Waals surface area contributed by atoms with Crippen molar-refractivity contribution in [2.45, 2.75) is 32.8 Å². The smallest absolute Gasteiger partial charge is 0.292 e. The minimum Gasteiger partial charge on any atom is -0.376 e. The predicted octanol–water partition coefficient (Wildman–Crippen LogP) is 1.97. The first-order valence-corrected chi connectivity index (χ1v) is 8.13. The van der Waals surface area contributed by atoms with Crippen molar-refractivity contribution in [1.29, 1.82) is 0 Å². The molecule has 1 aromatic carbocycles. The van der Waals surface area contributed by atoms with E-state index < -0.39 is 11.7 Å². The summed E-state index contributed by atoms with van der Waals surface area (Å²) in [6, 6.07) is 9.54. The third-order valence-corrected chi connectivity index (χ3v) is 4.24. The quantitative estimate of drug-likeness (QED) is 0.673. The molecule has 0 radical (unpaired) electrons. The molecule has 6 nitrogen and oxygen atoms in total. The van der Waals surface area contributed by atoms with Crippen LogP contribution >= 0.6 is 0 Å². The second kappa shape index (κ2) is 6.97. The summed E-state index contributed by atoms with van der Waals surface area (Å²) in [6.45, 7) is 4.63. The third-order valence-electron chi connectivity index (χ3n) is 4.24. The van der Waals surface area contributed by atoms with Crippen molar-refractivity contribution in [1.82, 2.24) is 15.1 Å². The third kappa shape index (κ3) is 3.23. The molecule has 126 valence electrons. The van der Waals surface area contributed by atoms with Gasteiger partial charge in [0.1, 0.15) is 0 Å². The lowest BCUT2D eigenvalue weighted by Gasteiger charge is -2.10. The van der Waals surface area contributed by atoms with Crippen molar-refractivity contribution in [3.05, 3.63) is 47.3 Å². The highest BCUT2D eigenvalue weighted by Gasteiger charge is 2.26. The zero-order chi connectivity index (χ0) is 17.1. The normalized spacial score (nSPS) is 17.0. The molecule has 0 aliphatic carbocycles. The number of hydrogen-bond donors (Lipinski definition) is 1. The van der Waals surface area contributed by atoms with Crippen molar-refractivity contribution >= 4 is 11.7 Å². The number of aromatic nitrogens is 2. The van der Waals surface area contributed by atoms with Crippen LogP contribution < -0.4 is 5.32 Å². The first-order chi connectivity index (χ1) is 11.6. The molecule has 1 aliphatic heterocycles. The van der Waals surface area contributed by atoms with Gasteiger partial charge >= 0.3 is 0 Å². The SMILES string of the molecule is Cc1nn(-c2ccccc2)c(C)c1C(=O)C(=O)NC[C@@H]1CCCO1. The van der Waals surface area contributed by atoms with Crippen LogP contribution in [-0.4, -0.2) is 40.7 Å². The molecule has 0 spiro atoms. The van der Waals surface area contributed by atoms with Crippen LogP contribution in [0, 0.1) is 13.8 Å². The average molecular weight is 327 g/mol. The largest absolute Gasteiger partial charge is 0.376 e. The number of amides is 1. The summed E-state index contributed by atoms with van der Waals surface area (Å²) < 4.78 is 7.15. The lowest BCUT2D eigenvalue weighted by molar-refractivity contribution is -0.117. The van der Waals surface area contributed by atoms with Crippen LogP contribution in [0.4, 0.5) is 0 Å². The predicted molar refractivity (Wildman–Crippen MR) is 89.4 cm³/mol. The van der Waals surface area contributed by atoms with Crippen LogP contribution in [0.15, 0.2) is 30.3 Å². The number of carbonyl (C=O) groups is 2. The van der Waals surface area contributed by atoms with Gasteiger partial charge in [0.05, 0.1) is 28.7 Å². The fraction of sp³-hybridized carbons (Fsp3) is 0.389. The Labute approximate surface area is 140 Å². The molecule has 1 N–H and O–H groups in total. The molecular weight excluding hydrogens is 306 g/mol. The van der Waals surface area contributed by atoms with Gasteiger partial charge in [-0.05, 0) is 38.8 Å². The molecule has 0 unspecified atom stereocenters. The highest BCUT2D eigenvalue weighted by Crippen LogP contribution is 2.18. The van der Waals surface area contributed by atoms with E-state index in [-0.39, 0.29) is 6.10 Å². The van der Waals surface area contributed by atoms with E-state index in [4.69, 9.17) is 4.74 Å². The average Bonchev–Trinajstić information content (AvgIpc) is 3.21. The fourth-order valence-electron chi connectivity index (χ4n) is 3.00. The molecule has 1 atom stereocenters. The van der Waals surface area contributed by atoms with Crippen LogP contribution in [0.3, 0.4) is 0 Å². The molecule has 24 heavy (non-hydrogen) atoms. The minimum absolute atomic E-state index is 0.0102. The van der Waals surface area contributed by atoms with E-state index in [1.54, 1.807) is 18.5 Å². The summed E-state index contributed by atoms with van der Waals surface area (Å²) in [4.78, 5) is 24.7. The van der Waals surface area contributed by atoms with Crippen molar-refractivity contribution < 1.29 is 14.3 Å². The Kier molecular flexibility index (Phi) is 4.76. The van der Waals surface area contributed by atoms with Gasteiger partial charge in [-0.3, -0.25) is 9.59 Å². The monoisotopic (exact) mass is 327 g/mol. The van der Waals surface area contributed by atoms with Gasteiger partial charge in [0, 0.05) is 13.2 Å². The molecular formula is C18H21N3O3. The summed E-state index contributed by atoms with van der Waals surface area (Å²) in [5.41, 5.74) is 2.44. The van der Waals surface area contributed by atoms with Crippen LogP contribution in [0.1, 0.15) is 34.6 Å². The molecule has 2 heterocycles. The number of nitrogens with zero attached hydrogens (tertiary/aromatic N) is 2. The molecule has 1 fully saturated rings. The van der Waals surface area contributed by atoms with Gasteiger partial charge in [-0.1, -0.05) is 18.2 Å². The van der Waals surface area contributed by atoms with E-state index in [1.807, 2.05) is 30.3 Å². The maximum Gasteiger partial charge on any atom is 0.292 e. The molecule has 2 aromatic rings. The van der Waals surface area contributed by atoms with Gasteiger partial charge in [-0.25, -0.2) is 4.68 Å².